The monoisotopic (exact) mass is 189 g/mol. The number of aryl methyl sites for hydroxylation is 1. The smallest absolute Gasteiger partial charge is 0.251 e. The Bertz CT molecular complexity index is 393. The van der Waals surface area contributed by atoms with Crippen molar-refractivity contribution in [3.63, 3.8) is 0 Å². The van der Waals surface area contributed by atoms with Gasteiger partial charge in [0, 0.05) is 17.5 Å². The van der Waals surface area contributed by atoms with E-state index in [9.17, 15) is 4.79 Å². The summed E-state index contributed by atoms with van der Waals surface area (Å²) in [6.45, 7) is 7.12. The van der Waals surface area contributed by atoms with Crippen LogP contribution in [-0.4, -0.2) is 12.5 Å². The molecule has 1 amide bonds. The van der Waals surface area contributed by atoms with Crippen molar-refractivity contribution in [2.45, 2.75) is 26.2 Å². The first-order valence-corrected chi connectivity index (χ1v) is 4.91. The number of carbonyl (C=O) groups excluding carboxylic acids is 1. The molecular formula is C12H15NO. The van der Waals surface area contributed by atoms with Crippen LogP contribution in [0.4, 0.5) is 0 Å². The van der Waals surface area contributed by atoms with Crippen molar-refractivity contribution < 1.29 is 4.79 Å². The molecule has 1 heterocycles. The molecule has 2 heteroatoms. The van der Waals surface area contributed by atoms with Gasteiger partial charge in [-0.05, 0) is 24.1 Å². The molecule has 0 saturated heterocycles. The molecule has 1 aliphatic heterocycles. The van der Waals surface area contributed by atoms with E-state index >= 15 is 0 Å². The Balaban J connectivity index is 2.70. The number of fused-ring (bicyclic) bond motifs is 1. The van der Waals surface area contributed by atoms with Crippen LogP contribution in [0.2, 0.25) is 0 Å². The van der Waals surface area contributed by atoms with E-state index in [0.29, 0.717) is 0 Å². The van der Waals surface area contributed by atoms with E-state index in [-0.39, 0.29) is 11.3 Å². The van der Waals surface area contributed by atoms with Gasteiger partial charge in [-0.15, -0.1) is 0 Å². The molecule has 2 rings (SSSR count). The lowest BCUT2D eigenvalue weighted by atomic mass is 9.76. The second-order valence-corrected chi connectivity index (χ2v) is 4.56. The number of carbonyl (C=O) groups is 1. The predicted octanol–water partition coefficient (Wildman–Crippen LogP) is 2.02. The Hall–Kier alpha value is -1.31. The number of amides is 1. The standard InChI is InChI=1S/C12H15NO/c1-8-5-4-6-9-10(8)12(2,3)7-13-11(9)14/h4-6H,7H2,1-3H3,(H,13,14). The van der Waals surface area contributed by atoms with Gasteiger partial charge < -0.3 is 5.32 Å². The maximum atomic E-state index is 11.6. The first-order valence-electron chi connectivity index (χ1n) is 4.91. The summed E-state index contributed by atoms with van der Waals surface area (Å²) in [5.41, 5.74) is 3.29. The van der Waals surface area contributed by atoms with Crippen molar-refractivity contribution in [3.8, 4) is 0 Å². The highest BCUT2D eigenvalue weighted by Gasteiger charge is 2.32. The zero-order valence-corrected chi connectivity index (χ0v) is 8.85. The number of hydrogen-bond donors (Lipinski definition) is 1. The first-order chi connectivity index (χ1) is 6.52. The SMILES string of the molecule is Cc1cccc2c1C(C)(C)CNC2=O. The molecule has 1 N–H and O–H groups in total. The Morgan fingerprint density at radius 2 is 2.07 bits per heavy atom. The summed E-state index contributed by atoms with van der Waals surface area (Å²) >= 11 is 0. The fourth-order valence-corrected chi connectivity index (χ4v) is 2.24. The van der Waals surface area contributed by atoms with Crippen molar-refractivity contribution in [3.05, 3.63) is 34.9 Å². The highest BCUT2D eigenvalue weighted by Crippen LogP contribution is 2.31. The highest BCUT2D eigenvalue weighted by atomic mass is 16.1. The molecule has 0 bridgehead atoms. The van der Waals surface area contributed by atoms with Gasteiger partial charge in [0.15, 0.2) is 0 Å². The van der Waals surface area contributed by atoms with Crippen LogP contribution in [0.3, 0.4) is 0 Å². The van der Waals surface area contributed by atoms with E-state index in [0.717, 1.165) is 12.1 Å². The predicted molar refractivity (Wildman–Crippen MR) is 56.5 cm³/mol. The molecule has 0 aromatic heterocycles. The van der Waals surface area contributed by atoms with Gasteiger partial charge in [-0.25, -0.2) is 0 Å². The third kappa shape index (κ3) is 1.22. The average Bonchev–Trinajstić information content (AvgIpc) is 2.12. The molecule has 0 radical (unpaired) electrons. The topological polar surface area (TPSA) is 29.1 Å². The lowest BCUT2D eigenvalue weighted by molar-refractivity contribution is 0.0929. The van der Waals surface area contributed by atoms with E-state index in [1.54, 1.807) is 0 Å². The Morgan fingerprint density at radius 3 is 2.71 bits per heavy atom. The Kier molecular flexibility index (Phi) is 1.88. The van der Waals surface area contributed by atoms with Crippen molar-refractivity contribution in [2.75, 3.05) is 6.54 Å². The van der Waals surface area contributed by atoms with Crippen molar-refractivity contribution in [1.29, 1.82) is 0 Å². The molecule has 0 atom stereocenters. The summed E-state index contributed by atoms with van der Waals surface area (Å²) < 4.78 is 0. The molecule has 1 aromatic rings. The summed E-state index contributed by atoms with van der Waals surface area (Å²) in [6.07, 6.45) is 0. The van der Waals surface area contributed by atoms with Crippen molar-refractivity contribution >= 4 is 5.91 Å². The number of rotatable bonds is 0. The van der Waals surface area contributed by atoms with Gasteiger partial charge in [0.25, 0.3) is 5.91 Å². The van der Waals surface area contributed by atoms with Crippen molar-refractivity contribution in [1.82, 2.24) is 5.32 Å². The zero-order valence-electron chi connectivity index (χ0n) is 8.85. The Morgan fingerprint density at radius 1 is 1.36 bits per heavy atom. The van der Waals surface area contributed by atoms with Crippen LogP contribution in [0.5, 0.6) is 0 Å². The van der Waals surface area contributed by atoms with Gasteiger partial charge in [-0.3, -0.25) is 4.79 Å². The summed E-state index contributed by atoms with van der Waals surface area (Å²) in [4.78, 5) is 11.6. The fourth-order valence-electron chi connectivity index (χ4n) is 2.24. The molecule has 14 heavy (non-hydrogen) atoms. The quantitative estimate of drug-likeness (QED) is 0.664. The molecule has 0 aliphatic carbocycles. The summed E-state index contributed by atoms with van der Waals surface area (Å²) in [5.74, 6) is 0.0584. The minimum atomic E-state index is 0.0502. The van der Waals surface area contributed by atoms with Crippen LogP contribution in [0.15, 0.2) is 18.2 Å². The molecule has 1 aliphatic rings. The fraction of sp³-hybridized carbons (Fsp3) is 0.417. The van der Waals surface area contributed by atoms with E-state index in [1.165, 1.54) is 11.1 Å². The normalized spacial score (nSPS) is 18.6. The van der Waals surface area contributed by atoms with Gasteiger partial charge in [0.2, 0.25) is 0 Å². The van der Waals surface area contributed by atoms with Gasteiger partial charge in [0.05, 0.1) is 0 Å². The van der Waals surface area contributed by atoms with Crippen LogP contribution in [0.25, 0.3) is 0 Å². The molecule has 0 unspecified atom stereocenters. The number of hydrogen-bond acceptors (Lipinski definition) is 1. The van der Waals surface area contributed by atoms with Crippen LogP contribution in [0.1, 0.15) is 35.3 Å². The molecule has 1 aromatic carbocycles. The second kappa shape index (κ2) is 2.84. The summed E-state index contributed by atoms with van der Waals surface area (Å²) in [5, 5.41) is 2.92. The van der Waals surface area contributed by atoms with E-state index in [2.05, 4.69) is 32.2 Å². The van der Waals surface area contributed by atoms with Gasteiger partial charge in [0.1, 0.15) is 0 Å². The van der Waals surface area contributed by atoms with Gasteiger partial charge >= 0.3 is 0 Å². The molecule has 74 valence electrons. The van der Waals surface area contributed by atoms with Crippen LogP contribution in [-0.2, 0) is 5.41 Å². The second-order valence-electron chi connectivity index (χ2n) is 4.56. The lowest BCUT2D eigenvalue weighted by Crippen LogP contribution is -2.43. The molecule has 0 saturated carbocycles. The maximum Gasteiger partial charge on any atom is 0.251 e. The van der Waals surface area contributed by atoms with E-state index in [4.69, 9.17) is 0 Å². The van der Waals surface area contributed by atoms with E-state index in [1.807, 2.05) is 12.1 Å². The Labute approximate surface area is 84.3 Å². The largest absolute Gasteiger partial charge is 0.351 e. The van der Waals surface area contributed by atoms with Crippen LogP contribution in [0, 0.1) is 6.92 Å². The third-order valence-corrected chi connectivity index (χ3v) is 2.89. The molecule has 0 spiro atoms. The highest BCUT2D eigenvalue weighted by molar-refractivity contribution is 5.97. The summed E-state index contributed by atoms with van der Waals surface area (Å²) in [7, 11) is 0. The molecule has 2 nitrogen and oxygen atoms in total. The third-order valence-electron chi connectivity index (χ3n) is 2.89. The maximum absolute atomic E-state index is 11.6. The van der Waals surface area contributed by atoms with Gasteiger partial charge in [-0.1, -0.05) is 26.0 Å². The molecule has 0 fully saturated rings. The van der Waals surface area contributed by atoms with Crippen molar-refractivity contribution in [2.24, 2.45) is 0 Å². The molecular weight excluding hydrogens is 174 g/mol. The minimum absolute atomic E-state index is 0.0502. The zero-order chi connectivity index (χ0) is 10.3. The van der Waals surface area contributed by atoms with Crippen LogP contribution < -0.4 is 5.32 Å². The minimum Gasteiger partial charge on any atom is -0.351 e. The summed E-state index contributed by atoms with van der Waals surface area (Å²) in [6, 6.07) is 5.91. The van der Waals surface area contributed by atoms with Gasteiger partial charge in [-0.2, -0.15) is 0 Å². The first kappa shape index (κ1) is 9.25. The average molecular weight is 189 g/mol. The lowest BCUT2D eigenvalue weighted by Gasteiger charge is -2.33. The van der Waals surface area contributed by atoms with Crippen LogP contribution >= 0.6 is 0 Å². The van der Waals surface area contributed by atoms with E-state index < -0.39 is 0 Å². The number of benzene rings is 1. The number of nitrogens with one attached hydrogen (secondary N) is 1.